The van der Waals surface area contributed by atoms with Crippen LogP contribution in [0.15, 0.2) is 30.5 Å². The zero-order valence-corrected chi connectivity index (χ0v) is 9.31. The second-order valence-electron chi connectivity index (χ2n) is 4.54. The quantitative estimate of drug-likeness (QED) is 0.730. The fourth-order valence-corrected chi connectivity index (χ4v) is 2.25. The summed E-state index contributed by atoms with van der Waals surface area (Å²) in [5.74, 6) is -0.0629. The van der Waals surface area contributed by atoms with Gasteiger partial charge in [-0.1, -0.05) is 6.07 Å². The van der Waals surface area contributed by atoms with E-state index in [1.165, 1.54) is 0 Å². The summed E-state index contributed by atoms with van der Waals surface area (Å²) >= 11 is 0. The van der Waals surface area contributed by atoms with Crippen molar-refractivity contribution in [1.82, 2.24) is 10.3 Å². The Hall–Kier alpha value is -1.81. The van der Waals surface area contributed by atoms with Gasteiger partial charge >= 0.3 is 0 Å². The van der Waals surface area contributed by atoms with Crippen LogP contribution in [0.25, 0.3) is 10.9 Å². The normalized spacial score (nSPS) is 23.4. The molecule has 4 heteroatoms. The largest absolute Gasteiger partial charge is 0.393 e. The molecule has 0 radical (unpaired) electrons. The highest BCUT2D eigenvalue weighted by atomic mass is 16.3. The summed E-state index contributed by atoms with van der Waals surface area (Å²) in [4.78, 5) is 15.1. The molecule has 88 valence electrons. The predicted molar refractivity (Wildman–Crippen MR) is 64.8 cm³/mol. The van der Waals surface area contributed by atoms with Crippen molar-refractivity contribution in [1.29, 1.82) is 0 Å². The van der Waals surface area contributed by atoms with Crippen LogP contribution in [0.2, 0.25) is 0 Å². The maximum absolute atomic E-state index is 12.1. The first-order valence-electron chi connectivity index (χ1n) is 5.79. The average Bonchev–Trinajstić information content (AvgIpc) is 2.74. The molecule has 0 spiro atoms. The summed E-state index contributed by atoms with van der Waals surface area (Å²) in [5.41, 5.74) is 1.65. The Morgan fingerprint density at radius 2 is 2.18 bits per heavy atom. The Balaban J connectivity index is 1.83. The van der Waals surface area contributed by atoms with E-state index < -0.39 is 0 Å². The van der Waals surface area contributed by atoms with Crippen molar-refractivity contribution >= 4 is 16.8 Å². The van der Waals surface area contributed by atoms with E-state index in [0.717, 1.165) is 10.9 Å². The smallest absolute Gasteiger partial charge is 0.252 e. The van der Waals surface area contributed by atoms with E-state index in [1.54, 1.807) is 0 Å². The minimum atomic E-state index is -0.247. The van der Waals surface area contributed by atoms with Crippen LogP contribution < -0.4 is 5.32 Å². The van der Waals surface area contributed by atoms with Crippen LogP contribution in [0, 0.1) is 0 Å². The molecule has 0 saturated heterocycles. The molecule has 1 aromatic carbocycles. The Morgan fingerprint density at radius 1 is 1.35 bits per heavy atom. The first kappa shape index (κ1) is 10.4. The summed E-state index contributed by atoms with van der Waals surface area (Å²) in [6.07, 6.45) is 2.90. The highest BCUT2D eigenvalue weighted by Gasteiger charge is 2.28. The Bertz CT molecular complexity index is 555. The molecule has 0 unspecified atom stereocenters. The first-order chi connectivity index (χ1) is 8.24. The second kappa shape index (κ2) is 3.89. The summed E-state index contributed by atoms with van der Waals surface area (Å²) in [6, 6.07) is 7.65. The number of H-pyrrole nitrogens is 1. The third kappa shape index (κ3) is 1.80. The molecule has 3 rings (SSSR count). The molecule has 1 saturated carbocycles. The van der Waals surface area contributed by atoms with Crippen molar-refractivity contribution in [3.8, 4) is 0 Å². The molecule has 1 amide bonds. The maximum atomic E-state index is 12.1. The van der Waals surface area contributed by atoms with Gasteiger partial charge in [0.05, 0.1) is 6.10 Å². The van der Waals surface area contributed by atoms with Crippen LogP contribution in [0.1, 0.15) is 23.2 Å². The van der Waals surface area contributed by atoms with Crippen molar-refractivity contribution in [2.45, 2.75) is 25.0 Å². The summed E-state index contributed by atoms with van der Waals surface area (Å²) in [7, 11) is 0. The number of aliphatic hydroxyl groups is 1. The van der Waals surface area contributed by atoms with Crippen molar-refractivity contribution in [3.63, 3.8) is 0 Å². The number of benzene rings is 1. The van der Waals surface area contributed by atoms with E-state index in [-0.39, 0.29) is 18.1 Å². The molecule has 0 atom stereocenters. The van der Waals surface area contributed by atoms with Crippen LogP contribution in [0.3, 0.4) is 0 Å². The van der Waals surface area contributed by atoms with Gasteiger partial charge in [0.2, 0.25) is 0 Å². The molecule has 1 aliphatic rings. The minimum absolute atomic E-state index is 0.0629. The fraction of sp³-hybridized carbons (Fsp3) is 0.308. The van der Waals surface area contributed by atoms with Crippen LogP contribution >= 0.6 is 0 Å². The summed E-state index contributed by atoms with van der Waals surface area (Å²) in [6.45, 7) is 0. The lowest BCUT2D eigenvalue weighted by Gasteiger charge is -2.31. The summed E-state index contributed by atoms with van der Waals surface area (Å²) < 4.78 is 0. The number of aromatic amines is 1. The number of hydrogen-bond donors (Lipinski definition) is 3. The van der Waals surface area contributed by atoms with E-state index in [2.05, 4.69) is 10.3 Å². The molecule has 17 heavy (non-hydrogen) atoms. The molecule has 0 bridgehead atoms. The Morgan fingerprint density at radius 3 is 2.94 bits per heavy atom. The van der Waals surface area contributed by atoms with Crippen molar-refractivity contribution < 1.29 is 9.90 Å². The predicted octanol–water partition coefficient (Wildman–Crippen LogP) is 1.42. The van der Waals surface area contributed by atoms with Gasteiger partial charge in [-0.05, 0) is 31.0 Å². The van der Waals surface area contributed by atoms with E-state index >= 15 is 0 Å². The SMILES string of the molecule is O=C(NC1CC(O)C1)c1cccc2[nH]ccc12. The van der Waals surface area contributed by atoms with Crippen LogP contribution in [-0.2, 0) is 0 Å². The lowest BCUT2D eigenvalue weighted by atomic mass is 9.89. The Labute approximate surface area is 98.6 Å². The molecule has 1 heterocycles. The lowest BCUT2D eigenvalue weighted by Crippen LogP contribution is -2.46. The van der Waals surface area contributed by atoms with Gasteiger partial charge < -0.3 is 15.4 Å². The van der Waals surface area contributed by atoms with Gasteiger partial charge in [0.1, 0.15) is 0 Å². The monoisotopic (exact) mass is 230 g/mol. The Kier molecular flexibility index (Phi) is 2.37. The van der Waals surface area contributed by atoms with Crippen LogP contribution in [0.5, 0.6) is 0 Å². The number of amides is 1. The van der Waals surface area contributed by atoms with Crippen molar-refractivity contribution in [2.24, 2.45) is 0 Å². The van der Waals surface area contributed by atoms with E-state index in [4.69, 9.17) is 0 Å². The number of carbonyl (C=O) groups is 1. The number of rotatable bonds is 2. The number of hydrogen-bond acceptors (Lipinski definition) is 2. The third-order valence-corrected chi connectivity index (χ3v) is 3.29. The minimum Gasteiger partial charge on any atom is -0.393 e. The van der Waals surface area contributed by atoms with E-state index in [0.29, 0.717) is 18.4 Å². The fourth-order valence-electron chi connectivity index (χ4n) is 2.25. The number of carbonyl (C=O) groups excluding carboxylic acids is 1. The highest BCUT2D eigenvalue weighted by molar-refractivity contribution is 6.06. The molecule has 0 aliphatic heterocycles. The van der Waals surface area contributed by atoms with Crippen molar-refractivity contribution in [2.75, 3.05) is 0 Å². The molecule has 3 N–H and O–H groups in total. The second-order valence-corrected chi connectivity index (χ2v) is 4.54. The van der Waals surface area contributed by atoms with Gasteiger partial charge in [0, 0.05) is 28.7 Å². The maximum Gasteiger partial charge on any atom is 0.252 e. The van der Waals surface area contributed by atoms with E-state index in [1.807, 2.05) is 30.5 Å². The zero-order valence-electron chi connectivity index (χ0n) is 9.31. The van der Waals surface area contributed by atoms with Gasteiger partial charge in [-0.15, -0.1) is 0 Å². The molecular formula is C13H14N2O2. The topological polar surface area (TPSA) is 65.1 Å². The zero-order chi connectivity index (χ0) is 11.8. The average molecular weight is 230 g/mol. The lowest BCUT2D eigenvalue weighted by molar-refractivity contribution is 0.0563. The summed E-state index contributed by atoms with van der Waals surface area (Å²) in [5, 5.41) is 13.1. The molecule has 4 nitrogen and oxygen atoms in total. The van der Waals surface area contributed by atoms with Gasteiger partial charge in [0.15, 0.2) is 0 Å². The van der Waals surface area contributed by atoms with Crippen LogP contribution in [0.4, 0.5) is 0 Å². The molecule has 1 aromatic heterocycles. The van der Waals surface area contributed by atoms with Gasteiger partial charge in [-0.25, -0.2) is 0 Å². The van der Waals surface area contributed by atoms with Gasteiger partial charge in [-0.2, -0.15) is 0 Å². The standard InChI is InChI=1S/C13H14N2O2/c16-9-6-8(7-9)15-13(17)11-2-1-3-12-10(11)4-5-14-12/h1-5,8-9,14,16H,6-7H2,(H,15,17). The molecule has 2 aromatic rings. The van der Waals surface area contributed by atoms with E-state index in [9.17, 15) is 9.90 Å². The number of fused-ring (bicyclic) bond motifs is 1. The molecule has 1 fully saturated rings. The molecular weight excluding hydrogens is 216 g/mol. The molecule has 1 aliphatic carbocycles. The first-order valence-corrected chi connectivity index (χ1v) is 5.79. The van der Waals surface area contributed by atoms with Gasteiger partial charge in [0.25, 0.3) is 5.91 Å². The third-order valence-electron chi connectivity index (χ3n) is 3.29. The highest BCUT2D eigenvalue weighted by Crippen LogP contribution is 2.21. The number of aromatic nitrogens is 1. The van der Waals surface area contributed by atoms with Crippen LogP contribution in [-0.4, -0.2) is 28.1 Å². The van der Waals surface area contributed by atoms with Crippen molar-refractivity contribution in [3.05, 3.63) is 36.0 Å². The number of aliphatic hydroxyl groups excluding tert-OH is 1. The number of nitrogens with one attached hydrogen (secondary N) is 2. The van der Waals surface area contributed by atoms with Gasteiger partial charge in [-0.3, -0.25) is 4.79 Å².